The maximum Gasteiger partial charge on any atom is 0.343 e. The fourth-order valence-electron chi connectivity index (χ4n) is 3.34. The summed E-state index contributed by atoms with van der Waals surface area (Å²) < 4.78 is 16.2. The van der Waals surface area contributed by atoms with Crippen molar-refractivity contribution in [3.8, 4) is 17.2 Å². The third kappa shape index (κ3) is 4.86. The van der Waals surface area contributed by atoms with Crippen molar-refractivity contribution in [1.82, 2.24) is 10.4 Å². The lowest BCUT2D eigenvalue weighted by Gasteiger charge is -2.12. The molecule has 8 nitrogen and oxygen atoms in total. The lowest BCUT2D eigenvalue weighted by Crippen LogP contribution is -2.17. The summed E-state index contributed by atoms with van der Waals surface area (Å²) in [4.78, 5) is 29.1. The highest BCUT2D eigenvalue weighted by Gasteiger charge is 2.16. The maximum atomic E-state index is 12.9. The zero-order valence-electron chi connectivity index (χ0n) is 18.5. The Kier molecular flexibility index (Phi) is 6.78. The molecule has 1 amide bonds. The predicted octanol–water partition coefficient (Wildman–Crippen LogP) is 4.24. The predicted molar refractivity (Wildman–Crippen MR) is 128 cm³/mol. The molecular weight excluding hydrogens is 434 g/mol. The van der Waals surface area contributed by atoms with Crippen molar-refractivity contribution in [2.45, 2.75) is 0 Å². The number of rotatable bonds is 7. The van der Waals surface area contributed by atoms with Gasteiger partial charge in [0.05, 0.1) is 26.0 Å². The summed E-state index contributed by atoms with van der Waals surface area (Å²) in [5.74, 6) is 0.244. The molecular formula is C26H21N3O5. The Balaban J connectivity index is 1.63. The molecule has 0 aliphatic rings. The first-order chi connectivity index (χ1) is 16.6. The summed E-state index contributed by atoms with van der Waals surface area (Å²) >= 11 is 0. The third-order valence-electron chi connectivity index (χ3n) is 5.05. The number of carbonyl (C=O) groups is 2. The van der Waals surface area contributed by atoms with Gasteiger partial charge in [0.25, 0.3) is 5.91 Å². The van der Waals surface area contributed by atoms with Gasteiger partial charge in [0.2, 0.25) is 0 Å². The van der Waals surface area contributed by atoms with Crippen LogP contribution in [0.4, 0.5) is 0 Å². The number of aromatic nitrogens is 1. The Morgan fingerprint density at radius 2 is 1.59 bits per heavy atom. The van der Waals surface area contributed by atoms with Crippen LogP contribution < -0.4 is 19.6 Å². The van der Waals surface area contributed by atoms with Crippen molar-refractivity contribution in [2.24, 2.45) is 5.10 Å². The van der Waals surface area contributed by atoms with Crippen molar-refractivity contribution in [1.29, 1.82) is 0 Å². The summed E-state index contributed by atoms with van der Waals surface area (Å²) in [6.07, 6.45) is 4.50. The van der Waals surface area contributed by atoms with E-state index in [4.69, 9.17) is 14.2 Å². The van der Waals surface area contributed by atoms with Gasteiger partial charge in [-0.15, -0.1) is 0 Å². The average Bonchev–Trinajstić information content (AvgIpc) is 2.89. The number of esters is 1. The first kappa shape index (κ1) is 22.5. The number of hydrogen-bond acceptors (Lipinski definition) is 7. The Hall–Kier alpha value is -4.72. The van der Waals surface area contributed by atoms with Crippen molar-refractivity contribution < 1.29 is 23.8 Å². The van der Waals surface area contributed by atoms with E-state index in [1.165, 1.54) is 32.8 Å². The van der Waals surface area contributed by atoms with Crippen LogP contribution in [-0.2, 0) is 0 Å². The number of benzene rings is 3. The van der Waals surface area contributed by atoms with Crippen LogP contribution in [0.25, 0.3) is 10.8 Å². The van der Waals surface area contributed by atoms with Gasteiger partial charge in [0, 0.05) is 23.5 Å². The molecule has 0 aliphatic carbocycles. The Morgan fingerprint density at radius 1 is 0.853 bits per heavy atom. The molecule has 1 aromatic heterocycles. The number of fused-ring (bicyclic) bond motifs is 1. The number of carbonyl (C=O) groups excluding carboxylic acids is 2. The van der Waals surface area contributed by atoms with Crippen LogP contribution in [0.3, 0.4) is 0 Å². The van der Waals surface area contributed by atoms with Crippen molar-refractivity contribution in [3.63, 3.8) is 0 Å². The normalized spacial score (nSPS) is 10.8. The number of hydrogen-bond donors (Lipinski definition) is 1. The molecule has 0 atom stereocenters. The average molecular weight is 455 g/mol. The summed E-state index contributed by atoms with van der Waals surface area (Å²) in [7, 11) is 3.01. The summed E-state index contributed by atoms with van der Waals surface area (Å²) in [6.45, 7) is 0. The lowest BCUT2D eigenvalue weighted by atomic mass is 10.0. The smallest absolute Gasteiger partial charge is 0.343 e. The Labute approximate surface area is 195 Å². The van der Waals surface area contributed by atoms with Crippen molar-refractivity contribution >= 4 is 28.9 Å². The molecule has 0 bridgehead atoms. The van der Waals surface area contributed by atoms with Gasteiger partial charge in [0.15, 0.2) is 11.5 Å². The number of amides is 1. The molecule has 0 unspecified atom stereocenters. The van der Waals surface area contributed by atoms with Gasteiger partial charge >= 0.3 is 5.97 Å². The number of pyridine rings is 1. The molecule has 8 heteroatoms. The molecule has 3 aromatic carbocycles. The number of hydrazone groups is 1. The molecule has 1 heterocycles. The van der Waals surface area contributed by atoms with Gasteiger partial charge in [-0.1, -0.05) is 30.3 Å². The lowest BCUT2D eigenvalue weighted by molar-refractivity contribution is 0.0734. The fraction of sp³-hybridized carbons (Fsp3) is 0.0769. The largest absolute Gasteiger partial charge is 0.493 e. The van der Waals surface area contributed by atoms with E-state index in [1.807, 2.05) is 30.3 Å². The first-order valence-corrected chi connectivity index (χ1v) is 10.3. The van der Waals surface area contributed by atoms with E-state index in [0.717, 1.165) is 10.8 Å². The monoisotopic (exact) mass is 455 g/mol. The highest BCUT2D eigenvalue weighted by atomic mass is 16.5. The number of nitrogens with zero attached hydrogens (tertiary/aromatic N) is 2. The van der Waals surface area contributed by atoms with Gasteiger partial charge in [-0.25, -0.2) is 10.2 Å². The number of methoxy groups -OCH3 is 2. The van der Waals surface area contributed by atoms with E-state index in [9.17, 15) is 9.59 Å². The third-order valence-corrected chi connectivity index (χ3v) is 5.05. The molecule has 0 saturated heterocycles. The maximum absolute atomic E-state index is 12.9. The molecule has 0 spiro atoms. The van der Waals surface area contributed by atoms with Crippen LogP contribution in [0.5, 0.6) is 17.2 Å². The quantitative estimate of drug-likeness (QED) is 0.194. The molecule has 0 aliphatic heterocycles. The summed E-state index contributed by atoms with van der Waals surface area (Å²) in [5.41, 5.74) is 3.74. The highest BCUT2D eigenvalue weighted by Crippen LogP contribution is 2.30. The SMILES string of the molecule is COc1ccc(C(=O)Oc2ccc3ccccc3c2C=NNC(=O)c2ccncc2)cc1OC. The molecule has 4 aromatic rings. The fourth-order valence-corrected chi connectivity index (χ4v) is 3.34. The van der Waals surface area contributed by atoms with E-state index >= 15 is 0 Å². The first-order valence-electron chi connectivity index (χ1n) is 10.3. The minimum atomic E-state index is -0.577. The second-order valence-electron chi connectivity index (χ2n) is 7.09. The van der Waals surface area contributed by atoms with Gasteiger partial charge in [-0.3, -0.25) is 9.78 Å². The minimum absolute atomic E-state index is 0.291. The van der Waals surface area contributed by atoms with Crippen LogP contribution in [-0.4, -0.2) is 37.3 Å². The van der Waals surface area contributed by atoms with Gasteiger partial charge in [0.1, 0.15) is 5.75 Å². The molecule has 1 N–H and O–H groups in total. The molecule has 0 fully saturated rings. The molecule has 34 heavy (non-hydrogen) atoms. The van der Waals surface area contributed by atoms with E-state index in [2.05, 4.69) is 15.5 Å². The minimum Gasteiger partial charge on any atom is -0.493 e. The van der Waals surface area contributed by atoms with E-state index in [-0.39, 0.29) is 5.91 Å². The van der Waals surface area contributed by atoms with Gasteiger partial charge in [-0.05, 0) is 47.2 Å². The van der Waals surface area contributed by atoms with Crippen LogP contribution >= 0.6 is 0 Å². The topological polar surface area (TPSA) is 99.1 Å². The molecule has 0 saturated carbocycles. The van der Waals surface area contributed by atoms with Gasteiger partial charge < -0.3 is 14.2 Å². The highest BCUT2D eigenvalue weighted by molar-refractivity contribution is 6.04. The van der Waals surface area contributed by atoms with Crippen LogP contribution in [0.2, 0.25) is 0 Å². The van der Waals surface area contributed by atoms with Gasteiger partial charge in [-0.2, -0.15) is 5.10 Å². The van der Waals surface area contributed by atoms with Crippen LogP contribution in [0, 0.1) is 0 Å². The second-order valence-corrected chi connectivity index (χ2v) is 7.09. The summed E-state index contributed by atoms with van der Waals surface area (Å²) in [5, 5.41) is 5.82. The zero-order chi connectivity index (χ0) is 23.9. The van der Waals surface area contributed by atoms with E-state index in [0.29, 0.717) is 33.9 Å². The molecule has 0 radical (unpaired) electrons. The van der Waals surface area contributed by atoms with Crippen LogP contribution in [0.15, 0.2) is 84.2 Å². The Bertz CT molecular complexity index is 1370. The molecule has 170 valence electrons. The Morgan fingerprint density at radius 3 is 2.35 bits per heavy atom. The number of ether oxygens (including phenoxy) is 3. The van der Waals surface area contributed by atoms with Crippen molar-refractivity contribution in [2.75, 3.05) is 14.2 Å². The van der Waals surface area contributed by atoms with Crippen LogP contribution in [0.1, 0.15) is 26.3 Å². The molecule has 4 rings (SSSR count). The van der Waals surface area contributed by atoms with E-state index in [1.54, 1.807) is 36.4 Å². The summed E-state index contributed by atoms with van der Waals surface area (Å²) in [6, 6.07) is 19.1. The van der Waals surface area contributed by atoms with E-state index < -0.39 is 5.97 Å². The second kappa shape index (κ2) is 10.3. The van der Waals surface area contributed by atoms with Crippen molar-refractivity contribution in [3.05, 3.63) is 95.8 Å². The zero-order valence-corrected chi connectivity index (χ0v) is 18.5. The number of nitrogens with one attached hydrogen (secondary N) is 1. The standard InChI is InChI=1S/C26H21N3O5/c1-32-23-10-8-19(15-24(23)33-2)26(31)34-22-9-7-17-5-3-4-6-20(17)21(22)16-28-29-25(30)18-11-13-27-14-12-18/h3-16H,1-2H3,(H,29,30).